The fourth-order valence-electron chi connectivity index (χ4n) is 3.91. The smallest absolute Gasteiger partial charge is 0.0495 e. The Labute approximate surface area is 145 Å². The van der Waals surface area contributed by atoms with Crippen LogP contribution in [0.4, 0.5) is 0 Å². The molecule has 0 unspecified atom stereocenters. The first-order valence-corrected chi connectivity index (χ1v) is 9.40. The number of hydrogen-bond donors (Lipinski definition) is 0. The van der Waals surface area contributed by atoms with E-state index >= 15 is 0 Å². The van der Waals surface area contributed by atoms with Crippen molar-refractivity contribution in [1.82, 2.24) is 4.57 Å². The molecule has 0 saturated carbocycles. The van der Waals surface area contributed by atoms with E-state index in [9.17, 15) is 0 Å². The van der Waals surface area contributed by atoms with E-state index in [4.69, 9.17) is 0 Å². The van der Waals surface area contributed by atoms with Crippen molar-refractivity contribution in [2.75, 3.05) is 0 Å². The number of aryl methyl sites for hydroxylation is 2. The van der Waals surface area contributed by atoms with Crippen molar-refractivity contribution < 1.29 is 0 Å². The van der Waals surface area contributed by atoms with Gasteiger partial charge >= 0.3 is 0 Å². The fraction of sp³-hybridized carbons (Fsp3) is 0.182. The first-order chi connectivity index (χ1) is 11.8. The highest BCUT2D eigenvalue weighted by Crippen LogP contribution is 2.39. The molecule has 2 aromatic heterocycles. The molecule has 0 aliphatic rings. The first kappa shape index (κ1) is 14.1. The van der Waals surface area contributed by atoms with Crippen LogP contribution >= 0.6 is 11.3 Å². The van der Waals surface area contributed by atoms with Crippen molar-refractivity contribution in [3.63, 3.8) is 0 Å². The molecule has 0 N–H and O–H groups in total. The molecule has 24 heavy (non-hydrogen) atoms. The lowest BCUT2D eigenvalue weighted by atomic mass is 10.1. The zero-order valence-corrected chi connectivity index (χ0v) is 14.8. The number of aromatic nitrogens is 1. The molecule has 118 valence electrons. The van der Waals surface area contributed by atoms with Crippen LogP contribution in [0.5, 0.6) is 0 Å². The molecular weight excluding hydrogens is 310 g/mol. The Hall–Kier alpha value is -2.32. The number of nitrogens with zero attached hydrogens (tertiary/aromatic N) is 1. The van der Waals surface area contributed by atoms with Crippen LogP contribution in [-0.4, -0.2) is 4.57 Å². The second-order valence-electron chi connectivity index (χ2n) is 6.62. The third-order valence-electron chi connectivity index (χ3n) is 5.11. The summed E-state index contributed by atoms with van der Waals surface area (Å²) in [6.07, 6.45) is 2.34. The topological polar surface area (TPSA) is 4.93 Å². The molecule has 5 rings (SSSR count). The Kier molecular flexibility index (Phi) is 2.98. The number of rotatable bonds is 2. The average molecular weight is 329 g/mol. The van der Waals surface area contributed by atoms with Gasteiger partial charge in [-0.3, -0.25) is 0 Å². The largest absolute Gasteiger partial charge is 0.344 e. The molecule has 0 spiro atoms. The fourth-order valence-corrected chi connectivity index (χ4v) is 5.04. The van der Waals surface area contributed by atoms with Gasteiger partial charge in [0.05, 0.1) is 0 Å². The predicted molar refractivity (Wildman–Crippen MR) is 107 cm³/mol. The molecule has 0 amide bonds. The monoisotopic (exact) mass is 329 g/mol. The minimum absolute atomic E-state index is 1.15. The number of thiophene rings is 1. The summed E-state index contributed by atoms with van der Waals surface area (Å²) in [5, 5.41) is 5.49. The van der Waals surface area contributed by atoms with Crippen molar-refractivity contribution in [2.45, 2.75) is 19.8 Å². The van der Waals surface area contributed by atoms with Crippen molar-refractivity contribution in [3.05, 3.63) is 60.2 Å². The molecule has 0 fully saturated rings. The summed E-state index contributed by atoms with van der Waals surface area (Å²) in [4.78, 5) is 0. The van der Waals surface area contributed by atoms with Gasteiger partial charge in [-0.2, -0.15) is 0 Å². The SMILES string of the molecule is CCCc1ccc2c3cc4sc5ccccc5c4cc3n(C)c2c1. The molecule has 5 aromatic rings. The van der Waals surface area contributed by atoms with Crippen molar-refractivity contribution >= 4 is 53.3 Å². The van der Waals surface area contributed by atoms with Gasteiger partial charge < -0.3 is 4.57 Å². The second kappa shape index (κ2) is 5.09. The maximum Gasteiger partial charge on any atom is 0.0495 e. The summed E-state index contributed by atoms with van der Waals surface area (Å²) in [7, 11) is 2.20. The van der Waals surface area contributed by atoms with Crippen LogP contribution in [0, 0.1) is 0 Å². The van der Waals surface area contributed by atoms with Gasteiger partial charge in [0.25, 0.3) is 0 Å². The highest BCUT2D eigenvalue weighted by molar-refractivity contribution is 7.25. The van der Waals surface area contributed by atoms with E-state index in [0.29, 0.717) is 0 Å². The molecular formula is C22H19NS. The van der Waals surface area contributed by atoms with Crippen LogP contribution in [-0.2, 0) is 13.5 Å². The third-order valence-corrected chi connectivity index (χ3v) is 6.24. The Balaban J connectivity index is 1.91. The van der Waals surface area contributed by atoms with Crippen molar-refractivity contribution in [1.29, 1.82) is 0 Å². The molecule has 0 bridgehead atoms. The van der Waals surface area contributed by atoms with E-state index in [2.05, 4.69) is 73.1 Å². The highest BCUT2D eigenvalue weighted by Gasteiger charge is 2.12. The molecule has 0 radical (unpaired) electrons. The normalized spacial score (nSPS) is 12.1. The summed E-state index contributed by atoms with van der Waals surface area (Å²) in [6.45, 7) is 2.24. The lowest BCUT2D eigenvalue weighted by Crippen LogP contribution is -1.88. The van der Waals surface area contributed by atoms with Crippen LogP contribution < -0.4 is 0 Å². The van der Waals surface area contributed by atoms with Gasteiger partial charge in [0.2, 0.25) is 0 Å². The third kappa shape index (κ3) is 1.87. The molecule has 3 aromatic carbocycles. The number of fused-ring (bicyclic) bond motifs is 6. The van der Waals surface area contributed by atoms with Gasteiger partial charge in [-0.1, -0.05) is 43.7 Å². The van der Waals surface area contributed by atoms with Crippen LogP contribution in [0.1, 0.15) is 18.9 Å². The van der Waals surface area contributed by atoms with Crippen molar-refractivity contribution in [3.8, 4) is 0 Å². The summed E-state index contributed by atoms with van der Waals surface area (Å²) in [6, 6.07) is 20.5. The molecule has 2 heterocycles. The Bertz CT molecular complexity index is 1220. The molecule has 1 nitrogen and oxygen atoms in total. The summed E-state index contributed by atoms with van der Waals surface area (Å²) >= 11 is 1.90. The maximum atomic E-state index is 2.39. The van der Waals surface area contributed by atoms with E-state index in [0.717, 1.165) is 6.42 Å². The van der Waals surface area contributed by atoms with E-state index in [-0.39, 0.29) is 0 Å². The van der Waals surface area contributed by atoms with Gasteiger partial charge in [0.1, 0.15) is 0 Å². The summed E-state index contributed by atoms with van der Waals surface area (Å²) < 4.78 is 5.11. The Morgan fingerprint density at radius 1 is 0.792 bits per heavy atom. The predicted octanol–water partition coefficient (Wildman–Crippen LogP) is 6.65. The quantitative estimate of drug-likeness (QED) is 0.341. The summed E-state index contributed by atoms with van der Waals surface area (Å²) in [5.74, 6) is 0. The van der Waals surface area contributed by atoms with E-state index in [1.54, 1.807) is 0 Å². The van der Waals surface area contributed by atoms with Gasteiger partial charge in [0, 0.05) is 49.0 Å². The van der Waals surface area contributed by atoms with E-state index in [1.165, 1.54) is 54.0 Å². The van der Waals surface area contributed by atoms with Gasteiger partial charge in [-0.15, -0.1) is 11.3 Å². The summed E-state index contributed by atoms with van der Waals surface area (Å²) in [5.41, 5.74) is 4.11. The zero-order valence-electron chi connectivity index (χ0n) is 14.0. The molecule has 0 atom stereocenters. The second-order valence-corrected chi connectivity index (χ2v) is 7.71. The van der Waals surface area contributed by atoms with Crippen LogP contribution in [0.15, 0.2) is 54.6 Å². The van der Waals surface area contributed by atoms with Crippen molar-refractivity contribution in [2.24, 2.45) is 7.05 Å². The molecule has 0 saturated heterocycles. The van der Waals surface area contributed by atoms with Gasteiger partial charge in [-0.05, 0) is 36.2 Å². The van der Waals surface area contributed by atoms with Crippen LogP contribution in [0.25, 0.3) is 42.0 Å². The Morgan fingerprint density at radius 2 is 1.62 bits per heavy atom. The molecule has 0 aliphatic heterocycles. The van der Waals surface area contributed by atoms with E-state index in [1.807, 2.05) is 11.3 Å². The van der Waals surface area contributed by atoms with Crippen LogP contribution in [0.2, 0.25) is 0 Å². The van der Waals surface area contributed by atoms with Gasteiger partial charge in [0.15, 0.2) is 0 Å². The lowest BCUT2D eigenvalue weighted by Gasteiger charge is -2.01. The van der Waals surface area contributed by atoms with Crippen LogP contribution in [0.3, 0.4) is 0 Å². The minimum atomic E-state index is 1.15. The number of benzene rings is 3. The maximum absolute atomic E-state index is 2.39. The zero-order chi connectivity index (χ0) is 16.3. The highest BCUT2D eigenvalue weighted by atomic mass is 32.1. The molecule has 2 heteroatoms. The lowest BCUT2D eigenvalue weighted by molar-refractivity contribution is 0.920. The standard InChI is InChI=1S/C22H19NS/c1-3-6-14-9-10-15-17-13-22-18(12-20(17)23(2)19(15)11-14)16-7-4-5-8-21(16)24-22/h4-5,7-13H,3,6H2,1-2H3. The minimum Gasteiger partial charge on any atom is -0.344 e. The molecule has 0 aliphatic carbocycles. The number of hydrogen-bond acceptors (Lipinski definition) is 1. The first-order valence-electron chi connectivity index (χ1n) is 8.58. The Morgan fingerprint density at radius 3 is 2.50 bits per heavy atom. The van der Waals surface area contributed by atoms with Gasteiger partial charge in [-0.25, -0.2) is 0 Å². The average Bonchev–Trinajstić information content (AvgIpc) is 3.10. The van der Waals surface area contributed by atoms with E-state index < -0.39 is 0 Å².